The second-order valence-corrected chi connectivity index (χ2v) is 2.97. The van der Waals surface area contributed by atoms with Gasteiger partial charge in [0.2, 0.25) is 0 Å². The monoisotopic (exact) mass is 147 g/mol. The van der Waals surface area contributed by atoms with Crippen LogP contribution in [-0.2, 0) is 0 Å². The zero-order valence-corrected chi connectivity index (χ0v) is 6.62. The maximum absolute atomic E-state index is 4.14. The zero-order chi connectivity index (χ0) is 7.68. The van der Waals surface area contributed by atoms with E-state index in [1.165, 1.54) is 12.8 Å². The van der Waals surface area contributed by atoms with Crippen LogP contribution in [-0.4, -0.2) is 18.1 Å². The molecule has 0 atom stereocenters. The fraction of sp³-hybridized carbons (Fsp3) is 0.444. The van der Waals surface area contributed by atoms with Gasteiger partial charge in [-0.2, -0.15) is 0 Å². The summed E-state index contributed by atoms with van der Waals surface area (Å²) in [5.41, 5.74) is 0. The number of aromatic nitrogens is 1. The SMILES string of the molecule is CN(c1ccc[c]n1)C1CC1. The first-order valence-electron chi connectivity index (χ1n) is 3.94. The first-order chi connectivity index (χ1) is 5.38. The van der Waals surface area contributed by atoms with Crippen LogP contribution in [0.15, 0.2) is 18.2 Å². The van der Waals surface area contributed by atoms with Gasteiger partial charge in [0.05, 0.1) is 6.20 Å². The molecule has 1 fully saturated rings. The Morgan fingerprint density at radius 1 is 1.64 bits per heavy atom. The van der Waals surface area contributed by atoms with Crippen LogP contribution >= 0.6 is 0 Å². The summed E-state index contributed by atoms with van der Waals surface area (Å²) >= 11 is 0. The molecule has 1 aromatic heterocycles. The van der Waals surface area contributed by atoms with Crippen molar-refractivity contribution in [2.75, 3.05) is 11.9 Å². The van der Waals surface area contributed by atoms with E-state index in [0.29, 0.717) is 0 Å². The molecule has 1 aromatic rings. The molecule has 0 bridgehead atoms. The summed E-state index contributed by atoms with van der Waals surface area (Å²) in [6.07, 6.45) is 5.46. The average molecular weight is 147 g/mol. The molecule has 0 spiro atoms. The highest BCUT2D eigenvalue weighted by Crippen LogP contribution is 2.28. The Kier molecular flexibility index (Phi) is 1.53. The molecule has 0 aliphatic heterocycles. The molecule has 0 saturated heterocycles. The number of rotatable bonds is 2. The normalized spacial score (nSPS) is 16.5. The van der Waals surface area contributed by atoms with Crippen LogP contribution in [0.25, 0.3) is 0 Å². The van der Waals surface area contributed by atoms with Gasteiger partial charge in [0.25, 0.3) is 0 Å². The third kappa shape index (κ3) is 1.34. The van der Waals surface area contributed by atoms with Gasteiger partial charge in [0.15, 0.2) is 0 Å². The Balaban J connectivity index is 2.15. The quantitative estimate of drug-likeness (QED) is 0.630. The molecular formula is C9H11N2. The lowest BCUT2D eigenvalue weighted by atomic mass is 10.4. The highest BCUT2D eigenvalue weighted by molar-refractivity contribution is 5.39. The minimum absolute atomic E-state index is 0.735. The van der Waals surface area contributed by atoms with Crippen molar-refractivity contribution in [3.8, 4) is 0 Å². The molecule has 1 heterocycles. The first-order valence-corrected chi connectivity index (χ1v) is 3.94. The molecule has 0 amide bonds. The maximum Gasteiger partial charge on any atom is 0.129 e. The third-order valence-electron chi connectivity index (χ3n) is 2.05. The molecule has 0 aromatic carbocycles. The van der Waals surface area contributed by atoms with E-state index in [0.717, 1.165) is 11.9 Å². The van der Waals surface area contributed by atoms with Gasteiger partial charge in [-0.05, 0) is 25.0 Å². The minimum Gasteiger partial charge on any atom is -0.357 e. The number of hydrogen-bond donors (Lipinski definition) is 0. The lowest BCUT2D eigenvalue weighted by Crippen LogP contribution is -2.20. The van der Waals surface area contributed by atoms with E-state index in [1.54, 1.807) is 0 Å². The average Bonchev–Trinajstić information content (AvgIpc) is 2.87. The van der Waals surface area contributed by atoms with Crippen molar-refractivity contribution in [3.05, 3.63) is 24.4 Å². The van der Waals surface area contributed by atoms with Gasteiger partial charge in [-0.1, -0.05) is 6.07 Å². The van der Waals surface area contributed by atoms with Crippen molar-refractivity contribution in [1.82, 2.24) is 4.98 Å². The van der Waals surface area contributed by atoms with Crippen molar-refractivity contribution >= 4 is 5.82 Å². The first kappa shape index (κ1) is 6.65. The van der Waals surface area contributed by atoms with E-state index in [4.69, 9.17) is 0 Å². The second-order valence-electron chi connectivity index (χ2n) is 2.97. The lowest BCUT2D eigenvalue weighted by Gasteiger charge is -2.15. The predicted molar refractivity (Wildman–Crippen MR) is 44.5 cm³/mol. The summed E-state index contributed by atoms with van der Waals surface area (Å²) in [6.45, 7) is 0. The molecule has 0 unspecified atom stereocenters. The molecule has 1 radical (unpaired) electrons. The summed E-state index contributed by atoms with van der Waals surface area (Å²) in [5, 5.41) is 0. The van der Waals surface area contributed by atoms with Gasteiger partial charge in [-0.3, -0.25) is 0 Å². The standard InChI is InChI=1S/C9H11N2/c1-11(8-5-6-8)9-4-2-3-7-10-9/h2-4,8H,5-6H2,1H3. The lowest BCUT2D eigenvalue weighted by molar-refractivity contribution is 0.891. The van der Waals surface area contributed by atoms with Crippen molar-refractivity contribution in [2.45, 2.75) is 18.9 Å². The van der Waals surface area contributed by atoms with Crippen molar-refractivity contribution < 1.29 is 0 Å². The predicted octanol–water partition coefficient (Wildman–Crippen LogP) is 1.48. The Labute approximate surface area is 66.9 Å². The van der Waals surface area contributed by atoms with E-state index in [-0.39, 0.29) is 0 Å². The van der Waals surface area contributed by atoms with Crippen LogP contribution in [0.4, 0.5) is 5.82 Å². The minimum atomic E-state index is 0.735. The smallest absolute Gasteiger partial charge is 0.129 e. The molecule has 2 heteroatoms. The summed E-state index contributed by atoms with van der Waals surface area (Å²) in [7, 11) is 2.09. The Bertz CT molecular complexity index is 229. The largest absolute Gasteiger partial charge is 0.357 e. The summed E-state index contributed by atoms with van der Waals surface area (Å²) in [5.74, 6) is 1.04. The Hall–Kier alpha value is -1.05. The van der Waals surface area contributed by atoms with Crippen molar-refractivity contribution in [2.24, 2.45) is 0 Å². The van der Waals surface area contributed by atoms with Crippen LogP contribution in [0.2, 0.25) is 0 Å². The molecule has 1 aliphatic carbocycles. The van der Waals surface area contributed by atoms with Crippen LogP contribution < -0.4 is 4.90 Å². The molecular weight excluding hydrogens is 136 g/mol. The summed E-state index contributed by atoms with van der Waals surface area (Å²) in [4.78, 5) is 6.36. The Morgan fingerprint density at radius 2 is 2.45 bits per heavy atom. The van der Waals surface area contributed by atoms with Gasteiger partial charge >= 0.3 is 0 Å². The highest BCUT2D eigenvalue weighted by Gasteiger charge is 2.26. The highest BCUT2D eigenvalue weighted by atomic mass is 15.2. The molecule has 1 aliphatic rings. The fourth-order valence-corrected chi connectivity index (χ4v) is 1.16. The number of anilines is 1. The van der Waals surface area contributed by atoms with Gasteiger partial charge < -0.3 is 4.90 Å². The van der Waals surface area contributed by atoms with E-state index >= 15 is 0 Å². The van der Waals surface area contributed by atoms with E-state index in [2.05, 4.69) is 23.1 Å². The maximum atomic E-state index is 4.14. The molecule has 1 saturated carbocycles. The summed E-state index contributed by atoms with van der Waals surface area (Å²) in [6, 6.07) is 6.55. The number of pyridine rings is 1. The van der Waals surface area contributed by atoms with Gasteiger partial charge in [-0.15, -0.1) is 0 Å². The van der Waals surface area contributed by atoms with Crippen LogP contribution in [0.5, 0.6) is 0 Å². The van der Waals surface area contributed by atoms with E-state index in [9.17, 15) is 0 Å². The van der Waals surface area contributed by atoms with Crippen LogP contribution in [0.3, 0.4) is 0 Å². The molecule has 2 nitrogen and oxygen atoms in total. The molecule has 57 valence electrons. The van der Waals surface area contributed by atoms with Crippen LogP contribution in [0, 0.1) is 6.20 Å². The van der Waals surface area contributed by atoms with E-state index in [1.807, 2.05) is 18.2 Å². The van der Waals surface area contributed by atoms with Crippen molar-refractivity contribution in [1.29, 1.82) is 0 Å². The molecule has 2 rings (SSSR count). The fourth-order valence-electron chi connectivity index (χ4n) is 1.16. The zero-order valence-electron chi connectivity index (χ0n) is 6.62. The van der Waals surface area contributed by atoms with E-state index < -0.39 is 0 Å². The second kappa shape index (κ2) is 2.53. The van der Waals surface area contributed by atoms with Gasteiger partial charge in [0.1, 0.15) is 5.82 Å². The number of nitrogens with zero attached hydrogens (tertiary/aromatic N) is 2. The Morgan fingerprint density at radius 3 is 3.00 bits per heavy atom. The third-order valence-corrected chi connectivity index (χ3v) is 2.05. The van der Waals surface area contributed by atoms with Crippen molar-refractivity contribution in [3.63, 3.8) is 0 Å². The number of hydrogen-bond acceptors (Lipinski definition) is 2. The topological polar surface area (TPSA) is 16.1 Å². The summed E-state index contributed by atoms with van der Waals surface area (Å²) < 4.78 is 0. The van der Waals surface area contributed by atoms with Crippen LogP contribution in [0.1, 0.15) is 12.8 Å². The van der Waals surface area contributed by atoms with Gasteiger partial charge in [0, 0.05) is 13.1 Å². The molecule has 11 heavy (non-hydrogen) atoms. The molecule has 0 N–H and O–H groups in total. The van der Waals surface area contributed by atoms with Gasteiger partial charge in [-0.25, -0.2) is 4.98 Å².